The number of ether oxygens (including phenoxy) is 1. The highest BCUT2D eigenvalue weighted by molar-refractivity contribution is 5.89. The average molecular weight is 339 g/mol. The molecule has 1 aliphatic heterocycles. The van der Waals surface area contributed by atoms with E-state index in [0.717, 1.165) is 50.6 Å². The number of methoxy groups -OCH3 is 1. The Morgan fingerprint density at radius 1 is 1.00 bits per heavy atom. The maximum absolute atomic E-state index is 12.3. The van der Waals surface area contributed by atoms with Crippen molar-refractivity contribution in [2.45, 2.75) is 6.42 Å². The third-order valence-electron chi connectivity index (χ3n) is 4.56. The van der Waals surface area contributed by atoms with Crippen LogP contribution < -0.4 is 10.1 Å². The van der Waals surface area contributed by atoms with Crippen molar-refractivity contribution >= 4 is 11.7 Å². The van der Waals surface area contributed by atoms with Crippen LogP contribution in [0.2, 0.25) is 0 Å². The second-order valence-corrected chi connectivity index (χ2v) is 6.22. The Balaban J connectivity index is 1.41. The molecule has 1 heterocycles. The molecule has 5 nitrogen and oxygen atoms in total. The summed E-state index contributed by atoms with van der Waals surface area (Å²) >= 11 is 0. The summed E-state index contributed by atoms with van der Waals surface area (Å²) in [5, 5.41) is 2.95. The summed E-state index contributed by atoms with van der Waals surface area (Å²) in [6.07, 6.45) is 1.01. The minimum atomic E-state index is -0.0130. The smallest absolute Gasteiger partial charge is 0.321 e. The van der Waals surface area contributed by atoms with Gasteiger partial charge in [-0.05, 0) is 36.2 Å². The number of para-hydroxylation sites is 1. The maximum atomic E-state index is 12.3. The number of hydrogen-bond acceptors (Lipinski definition) is 3. The zero-order valence-electron chi connectivity index (χ0n) is 14.6. The lowest BCUT2D eigenvalue weighted by Crippen LogP contribution is -2.50. The molecule has 25 heavy (non-hydrogen) atoms. The molecule has 5 heteroatoms. The molecule has 2 aromatic carbocycles. The Morgan fingerprint density at radius 3 is 2.32 bits per heavy atom. The van der Waals surface area contributed by atoms with Crippen molar-refractivity contribution in [2.24, 2.45) is 0 Å². The molecule has 132 valence electrons. The lowest BCUT2D eigenvalue weighted by molar-refractivity contribution is 0.148. The number of urea groups is 1. The SMILES string of the molecule is COc1ccc(CCN2CCN(C(=O)Nc3ccccc3)CC2)cc1. The molecule has 1 aliphatic rings. The summed E-state index contributed by atoms with van der Waals surface area (Å²) < 4.78 is 5.19. The first-order valence-corrected chi connectivity index (χ1v) is 8.71. The van der Waals surface area contributed by atoms with Gasteiger partial charge in [0, 0.05) is 38.4 Å². The van der Waals surface area contributed by atoms with Gasteiger partial charge in [-0.15, -0.1) is 0 Å². The Bertz CT molecular complexity index is 665. The summed E-state index contributed by atoms with van der Waals surface area (Å²) in [4.78, 5) is 16.6. The second-order valence-electron chi connectivity index (χ2n) is 6.22. The van der Waals surface area contributed by atoms with Gasteiger partial charge in [0.1, 0.15) is 5.75 Å². The Kier molecular flexibility index (Phi) is 5.90. The number of rotatable bonds is 5. The molecule has 1 N–H and O–H groups in total. The molecule has 0 saturated carbocycles. The average Bonchev–Trinajstić information content (AvgIpc) is 2.68. The van der Waals surface area contributed by atoms with E-state index in [2.05, 4.69) is 22.3 Å². The van der Waals surface area contributed by atoms with Crippen LogP contribution in [0.3, 0.4) is 0 Å². The second kappa shape index (κ2) is 8.53. The molecular weight excluding hydrogens is 314 g/mol. The van der Waals surface area contributed by atoms with E-state index in [1.54, 1.807) is 7.11 Å². The third kappa shape index (κ3) is 4.97. The highest BCUT2D eigenvalue weighted by Gasteiger charge is 2.20. The van der Waals surface area contributed by atoms with Crippen molar-refractivity contribution in [1.29, 1.82) is 0 Å². The van der Waals surface area contributed by atoms with Gasteiger partial charge in [-0.25, -0.2) is 4.79 Å². The molecule has 0 unspecified atom stereocenters. The molecule has 1 fully saturated rings. The third-order valence-corrected chi connectivity index (χ3v) is 4.56. The van der Waals surface area contributed by atoms with Gasteiger partial charge >= 0.3 is 6.03 Å². The van der Waals surface area contributed by atoms with E-state index in [-0.39, 0.29) is 6.03 Å². The van der Waals surface area contributed by atoms with Crippen molar-refractivity contribution in [1.82, 2.24) is 9.80 Å². The van der Waals surface area contributed by atoms with E-state index in [0.29, 0.717) is 0 Å². The van der Waals surface area contributed by atoms with Gasteiger partial charge < -0.3 is 15.0 Å². The Hall–Kier alpha value is -2.53. The minimum Gasteiger partial charge on any atom is -0.497 e. The number of anilines is 1. The van der Waals surface area contributed by atoms with E-state index in [9.17, 15) is 4.79 Å². The normalized spacial score (nSPS) is 15.0. The fourth-order valence-electron chi connectivity index (χ4n) is 2.98. The first-order chi connectivity index (χ1) is 12.2. The minimum absolute atomic E-state index is 0.0130. The number of nitrogens with zero attached hydrogens (tertiary/aromatic N) is 2. The molecular formula is C20H25N3O2. The maximum Gasteiger partial charge on any atom is 0.321 e. The van der Waals surface area contributed by atoms with Gasteiger partial charge in [0.2, 0.25) is 0 Å². The van der Waals surface area contributed by atoms with Crippen LogP contribution in [0.4, 0.5) is 10.5 Å². The van der Waals surface area contributed by atoms with Crippen LogP contribution in [0, 0.1) is 0 Å². The van der Waals surface area contributed by atoms with Crippen molar-refractivity contribution in [3.63, 3.8) is 0 Å². The molecule has 0 aromatic heterocycles. The van der Waals surface area contributed by atoms with E-state index in [1.165, 1.54) is 5.56 Å². The zero-order valence-corrected chi connectivity index (χ0v) is 14.6. The zero-order chi connectivity index (χ0) is 17.5. The fraction of sp³-hybridized carbons (Fsp3) is 0.350. The lowest BCUT2D eigenvalue weighted by Gasteiger charge is -2.34. The number of amides is 2. The van der Waals surface area contributed by atoms with Crippen LogP contribution in [0.25, 0.3) is 0 Å². The van der Waals surface area contributed by atoms with Crippen molar-refractivity contribution in [3.05, 3.63) is 60.2 Å². The van der Waals surface area contributed by atoms with E-state index in [1.807, 2.05) is 47.4 Å². The number of carbonyl (C=O) groups is 1. The van der Waals surface area contributed by atoms with Crippen LogP contribution in [0.5, 0.6) is 5.75 Å². The van der Waals surface area contributed by atoms with Crippen molar-refractivity contribution in [3.8, 4) is 5.75 Å². The monoisotopic (exact) mass is 339 g/mol. The molecule has 0 atom stereocenters. The molecule has 0 bridgehead atoms. The topological polar surface area (TPSA) is 44.8 Å². The first-order valence-electron chi connectivity index (χ1n) is 8.71. The van der Waals surface area contributed by atoms with Gasteiger partial charge in [0.05, 0.1) is 7.11 Å². The number of nitrogens with one attached hydrogen (secondary N) is 1. The lowest BCUT2D eigenvalue weighted by atomic mass is 10.1. The molecule has 0 radical (unpaired) electrons. The highest BCUT2D eigenvalue weighted by atomic mass is 16.5. The van der Waals surface area contributed by atoms with E-state index >= 15 is 0 Å². The van der Waals surface area contributed by atoms with Crippen LogP contribution in [0.15, 0.2) is 54.6 Å². The predicted octanol–water partition coefficient (Wildman–Crippen LogP) is 3.09. The van der Waals surface area contributed by atoms with Gasteiger partial charge in [-0.3, -0.25) is 4.90 Å². The summed E-state index contributed by atoms with van der Waals surface area (Å²) in [6, 6.07) is 17.8. The number of hydrogen-bond donors (Lipinski definition) is 1. The molecule has 3 rings (SSSR count). The van der Waals surface area contributed by atoms with Crippen LogP contribution >= 0.6 is 0 Å². The quantitative estimate of drug-likeness (QED) is 0.910. The predicted molar refractivity (Wildman–Crippen MR) is 100 cm³/mol. The number of benzene rings is 2. The molecule has 1 saturated heterocycles. The van der Waals surface area contributed by atoms with Gasteiger partial charge in [-0.1, -0.05) is 30.3 Å². The van der Waals surface area contributed by atoms with Crippen LogP contribution in [0.1, 0.15) is 5.56 Å². The first kappa shape index (κ1) is 17.3. The van der Waals surface area contributed by atoms with Crippen molar-refractivity contribution < 1.29 is 9.53 Å². The van der Waals surface area contributed by atoms with Gasteiger partial charge in [0.15, 0.2) is 0 Å². The van der Waals surface area contributed by atoms with Crippen molar-refractivity contribution in [2.75, 3.05) is 45.2 Å². The Morgan fingerprint density at radius 2 is 1.68 bits per heavy atom. The summed E-state index contributed by atoms with van der Waals surface area (Å²) in [6.45, 7) is 4.37. The fourth-order valence-corrected chi connectivity index (χ4v) is 2.98. The number of piperazine rings is 1. The van der Waals surface area contributed by atoms with Crippen LogP contribution in [-0.4, -0.2) is 55.7 Å². The summed E-state index contributed by atoms with van der Waals surface area (Å²) in [5.41, 5.74) is 2.15. The summed E-state index contributed by atoms with van der Waals surface area (Å²) in [5.74, 6) is 0.891. The Labute approximate surface area is 149 Å². The molecule has 2 amide bonds. The van der Waals surface area contributed by atoms with E-state index < -0.39 is 0 Å². The van der Waals surface area contributed by atoms with Crippen LogP contribution in [-0.2, 0) is 6.42 Å². The molecule has 0 spiro atoms. The molecule has 2 aromatic rings. The van der Waals surface area contributed by atoms with E-state index in [4.69, 9.17) is 4.74 Å². The summed E-state index contributed by atoms with van der Waals surface area (Å²) in [7, 11) is 1.68. The van der Waals surface area contributed by atoms with Gasteiger partial charge in [-0.2, -0.15) is 0 Å². The largest absolute Gasteiger partial charge is 0.497 e. The highest BCUT2D eigenvalue weighted by Crippen LogP contribution is 2.13. The molecule has 0 aliphatic carbocycles. The van der Waals surface area contributed by atoms with Gasteiger partial charge in [0.25, 0.3) is 0 Å². The standard InChI is InChI=1S/C20H25N3O2/c1-25-19-9-7-17(8-10-19)11-12-22-13-15-23(16-14-22)20(24)21-18-5-3-2-4-6-18/h2-10H,11-16H2,1H3,(H,21,24). The number of carbonyl (C=O) groups excluding carboxylic acids is 1.